The van der Waals surface area contributed by atoms with E-state index in [0.717, 1.165) is 19.7 Å². The van der Waals surface area contributed by atoms with E-state index in [9.17, 15) is 0 Å². The van der Waals surface area contributed by atoms with Crippen LogP contribution in [0.1, 0.15) is 13.8 Å². The maximum Gasteiger partial charge on any atom is 0.138 e. The lowest BCUT2D eigenvalue weighted by molar-refractivity contribution is -0.00982. The fraction of sp³-hybridized carbons (Fsp3) is 0.750. The van der Waals surface area contributed by atoms with Crippen LogP contribution in [-0.2, 0) is 4.74 Å². The molecule has 1 unspecified atom stereocenters. The van der Waals surface area contributed by atoms with E-state index in [1.807, 2.05) is 13.8 Å². The van der Waals surface area contributed by atoms with Gasteiger partial charge in [-0.1, -0.05) is 5.92 Å². The number of nitrogens with one attached hydrogen (secondary N) is 1. The molecule has 1 rings (SSSR count). The van der Waals surface area contributed by atoms with Crippen LogP contribution in [0.5, 0.6) is 0 Å². The van der Waals surface area contributed by atoms with E-state index >= 15 is 0 Å². The van der Waals surface area contributed by atoms with Crippen molar-refractivity contribution in [1.82, 2.24) is 5.32 Å². The van der Waals surface area contributed by atoms with Gasteiger partial charge in [0.05, 0.1) is 6.61 Å². The maximum absolute atomic E-state index is 5.47. The maximum atomic E-state index is 5.47. The third-order valence-electron chi connectivity index (χ3n) is 1.55. The van der Waals surface area contributed by atoms with Crippen LogP contribution < -0.4 is 5.32 Å². The molecule has 2 heteroatoms. The smallest absolute Gasteiger partial charge is 0.138 e. The normalized spacial score (nSPS) is 32.6. The van der Waals surface area contributed by atoms with Gasteiger partial charge in [-0.15, -0.1) is 5.92 Å². The Morgan fingerprint density at radius 2 is 2.40 bits per heavy atom. The van der Waals surface area contributed by atoms with E-state index in [-0.39, 0.29) is 5.60 Å². The van der Waals surface area contributed by atoms with Crippen molar-refractivity contribution in [1.29, 1.82) is 0 Å². The Labute approximate surface area is 62.0 Å². The Morgan fingerprint density at radius 3 is 2.90 bits per heavy atom. The second-order valence-electron chi connectivity index (χ2n) is 2.63. The van der Waals surface area contributed by atoms with Crippen LogP contribution in [0.2, 0.25) is 0 Å². The highest BCUT2D eigenvalue weighted by Crippen LogP contribution is 2.09. The molecule has 0 aromatic carbocycles. The zero-order valence-electron chi connectivity index (χ0n) is 6.53. The number of ether oxygens (including phenoxy) is 1. The lowest BCUT2D eigenvalue weighted by Gasteiger charge is -2.29. The van der Waals surface area contributed by atoms with Gasteiger partial charge in [-0.3, -0.25) is 0 Å². The number of morpholine rings is 1. The quantitative estimate of drug-likeness (QED) is 0.490. The van der Waals surface area contributed by atoms with Gasteiger partial charge in [0.25, 0.3) is 0 Å². The van der Waals surface area contributed by atoms with Crippen LogP contribution in [0, 0.1) is 11.8 Å². The summed E-state index contributed by atoms with van der Waals surface area (Å²) in [5.74, 6) is 5.89. The van der Waals surface area contributed by atoms with E-state index in [1.165, 1.54) is 0 Å². The first kappa shape index (κ1) is 7.59. The molecule has 1 fully saturated rings. The van der Waals surface area contributed by atoms with Gasteiger partial charge in [0.15, 0.2) is 0 Å². The summed E-state index contributed by atoms with van der Waals surface area (Å²) in [7, 11) is 0. The van der Waals surface area contributed by atoms with E-state index < -0.39 is 0 Å². The van der Waals surface area contributed by atoms with Crippen molar-refractivity contribution >= 4 is 0 Å². The van der Waals surface area contributed by atoms with Crippen LogP contribution >= 0.6 is 0 Å². The molecule has 1 heterocycles. The van der Waals surface area contributed by atoms with Gasteiger partial charge >= 0.3 is 0 Å². The molecule has 1 saturated heterocycles. The highest BCUT2D eigenvalue weighted by Gasteiger charge is 2.24. The first-order chi connectivity index (χ1) is 4.77. The molecule has 1 aliphatic heterocycles. The lowest BCUT2D eigenvalue weighted by Crippen LogP contribution is -2.46. The van der Waals surface area contributed by atoms with Gasteiger partial charge in [-0.2, -0.15) is 0 Å². The van der Waals surface area contributed by atoms with Crippen LogP contribution in [0.3, 0.4) is 0 Å². The molecular formula is C8H13NO. The van der Waals surface area contributed by atoms with Gasteiger partial charge < -0.3 is 10.1 Å². The van der Waals surface area contributed by atoms with E-state index in [4.69, 9.17) is 4.74 Å². The standard InChI is InChI=1S/C8H13NO/c1-3-4-8(2)7-9-5-6-10-8/h9H,5-7H2,1-2H3. The SMILES string of the molecule is CC#CC1(C)CNCCO1. The molecule has 56 valence electrons. The minimum atomic E-state index is -0.243. The predicted molar refractivity (Wildman–Crippen MR) is 40.7 cm³/mol. The fourth-order valence-electron chi connectivity index (χ4n) is 1.07. The van der Waals surface area contributed by atoms with Gasteiger partial charge in [-0.05, 0) is 13.8 Å². The molecule has 0 radical (unpaired) electrons. The Balaban J connectivity index is 2.53. The van der Waals surface area contributed by atoms with Crippen LogP contribution in [0.15, 0.2) is 0 Å². The highest BCUT2D eigenvalue weighted by molar-refractivity contribution is 5.13. The summed E-state index contributed by atoms with van der Waals surface area (Å²) in [4.78, 5) is 0. The van der Waals surface area contributed by atoms with Crippen LogP contribution in [-0.4, -0.2) is 25.3 Å². The Hall–Kier alpha value is -0.520. The molecule has 0 aliphatic carbocycles. The van der Waals surface area contributed by atoms with Crippen molar-refractivity contribution in [3.8, 4) is 11.8 Å². The Kier molecular flexibility index (Phi) is 2.31. The largest absolute Gasteiger partial charge is 0.360 e. The molecule has 0 amide bonds. The second kappa shape index (κ2) is 3.05. The number of hydrogen-bond acceptors (Lipinski definition) is 2. The Morgan fingerprint density at radius 1 is 1.60 bits per heavy atom. The minimum absolute atomic E-state index is 0.243. The first-order valence-corrected chi connectivity index (χ1v) is 3.55. The van der Waals surface area contributed by atoms with Gasteiger partial charge in [0.2, 0.25) is 0 Å². The fourth-order valence-corrected chi connectivity index (χ4v) is 1.07. The van der Waals surface area contributed by atoms with E-state index in [0.29, 0.717) is 0 Å². The molecule has 10 heavy (non-hydrogen) atoms. The average Bonchev–Trinajstić information content (AvgIpc) is 1.89. The van der Waals surface area contributed by atoms with E-state index in [1.54, 1.807) is 0 Å². The molecule has 1 atom stereocenters. The number of hydrogen-bond donors (Lipinski definition) is 1. The monoisotopic (exact) mass is 139 g/mol. The summed E-state index contributed by atoms with van der Waals surface area (Å²) in [5, 5.41) is 3.23. The molecule has 0 saturated carbocycles. The van der Waals surface area contributed by atoms with Crippen molar-refractivity contribution in [3.05, 3.63) is 0 Å². The molecule has 0 aromatic rings. The average molecular weight is 139 g/mol. The van der Waals surface area contributed by atoms with Crippen molar-refractivity contribution in [2.75, 3.05) is 19.7 Å². The summed E-state index contributed by atoms with van der Waals surface area (Å²) in [6.07, 6.45) is 0. The zero-order chi connectivity index (χ0) is 7.45. The van der Waals surface area contributed by atoms with Crippen LogP contribution in [0.4, 0.5) is 0 Å². The van der Waals surface area contributed by atoms with Crippen molar-refractivity contribution in [2.45, 2.75) is 19.4 Å². The Bertz CT molecular complexity index is 160. The second-order valence-corrected chi connectivity index (χ2v) is 2.63. The summed E-state index contributed by atoms with van der Waals surface area (Å²) in [6.45, 7) is 6.40. The lowest BCUT2D eigenvalue weighted by atomic mass is 10.1. The third kappa shape index (κ3) is 1.73. The molecule has 2 nitrogen and oxygen atoms in total. The molecular weight excluding hydrogens is 126 g/mol. The molecule has 1 aliphatic rings. The highest BCUT2D eigenvalue weighted by atomic mass is 16.5. The van der Waals surface area contributed by atoms with Crippen LogP contribution in [0.25, 0.3) is 0 Å². The van der Waals surface area contributed by atoms with Crippen molar-refractivity contribution in [2.24, 2.45) is 0 Å². The molecule has 0 spiro atoms. The first-order valence-electron chi connectivity index (χ1n) is 3.55. The van der Waals surface area contributed by atoms with Gasteiger partial charge in [-0.25, -0.2) is 0 Å². The summed E-state index contributed by atoms with van der Waals surface area (Å²) in [6, 6.07) is 0. The van der Waals surface area contributed by atoms with Crippen molar-refractivity contribution in [3.63, 3.8) is 0 Å². The summed E-state index contributed by atoms with van der Waals surface area (Å²) >= 11 is 0. The number of rotatable bonds is 0. The minimum Gasteiger partial charge on any atom is -0.360 e. The van der Waals surface area contributed by atoms with Gasteiger partial charge in [0, 0.05) is 13.1 Å². The molecule has 1 N–H and O–H groups in total. The third-order valence-corrected chi connectivity index (χ3v) is 1.55. The zero-order valence-corrected chi connectivity index (χ0v) is 6.53. The van der Waals surface area contributed by atoms with E-state index in [2.05, 4.69) is 17.2 Å². The molecule has 0 bridgehead atoms. The summed E-state index contributed by atoms with van der Waals surface area (Å²) < 4.78 is 5.47. The van der Waals surface area contributed by atoms with Crippen molar-refractivity contribution < 1.29 is 4.74 Å². The summed E-state index contributed by atoms with van der Waals surface area (Å²) in [5.41, 5.74) is -0.243. The molecule has 0 aromatic heterocycles. The predicted octanol–water partition coefficient (Wildman–Crippen LogP) is 0.388. The van der Waals surface area contributed by atoms with Gasteiger partial charge in [0.1, 0.15) is 5.60 Å². The topological polar surface area (TPSA) is 21.3 Å².